The van der Waals surface area contributed by atoms with Crippen LogP contribution in [-0.4, -0.2) is 147 Å². The first-order valence-electron chi connectivity index (χ1n) is 33.3. The Balaban J connectivity index is 0.000000205. The Hall–Kier alpha value is -12.9. The molecule has 9 N–H and O–H groups in total. The molecule has 30 nitrogen and oxygen atoms in total. The van der Waals surface area contributed by atoms with Gasteiger partial charge in [-0.05, 0) is 97.5 Å². The quantitative estimate of drug-likeness (QED) is 0.0189. The molecule has 0 bridgehead atoms. The maximum Gasteiger partial charge on any atom is 0.330 e. The van der Waals surface area contributed by atoms with Crippen molar-refractivity contribution < 1.29 is 65.6 Å². The number of rotatable bonds is 19. The van der Waals surface area contributed by atoms with Crippen molar-refractivity contribution in [3.8, 4) is 34.5 Å². The molecule has 6 heterocycles. The van der Waals surface area contributed by atoms with E-state index in [1.807, 2.05) is 18.2 Å². The first-order valence-corrected chi connectivity index (χ1v) is 34.1. The summed E-state index contributed by atoms with van der Waals surface area (Å²) in [5, 5.41) is 8.33. The van der Waals surface area contributed by atoms with Gasteiger partial charge >= 0.3 is 18.1 Å². The number of urea groups is 3. The van der Waals surface area contributed by atoms with Crippen molar-refractivity contribution in [3.63, 3.8) is 0 Å². The SMILES string of the molecule is C=CC(=O)Cl.C=CC(=O)Nc1ccccc1Nc1ncc2c(n1)N(C)C(=O)N(c1cc(OC)cc(OC)c1F)C2.CCN(CC)CC.COc1cc(OC)c(F)c(N2Cc3cnc(Cl)nc3N(C)C2=O)c1.COc1cc(OC)c(F)c(N2Cc3cnc(Nc4ccccc4N)nc3N(C)C2=O)c1.Nc1cccc(N)c1. The molecule has 0 radical (unpaired) electrons. The monoisotopic (exact) mass is 1550 g/mol. The molecule has 7 amide bonds. The van der Waals surface area contributed by atoms with Gasteiger partial charge in [0, 0.05) is 104 Å². The Bertz CT molecular complexity index is 4780. The number of ether oxygens (including phenoxy) is 6. The fourth-order valence-corrected chi connectivity index (χ4v) is 10.8. The molecule has 0 atom stereocenters. The zero-order valence-corrected chi connectivity index (χ0v) is 63.9. The van der Waals surface area contributed by atoms with Crippen molar-refractivity contribution >= 4 is 133 Å². The number of aromatic nitrogens is 6. The standard InChI is InChI=1S/C24H23FN6O4.C21H21FN6O3.C15H14ClFN4O3.C6H8N2.C6H15N.C3H3ClO/c1-5-20(32)27-16-8-6-7-9-17(16)28-23-26-12-14-13-31(24(33)30(2)22(14)29-23)18-10-15(34-3)11-19(35-4)21(18)25;1-27-19-12(10-24-20(26-19)25-15-7-5-4-6-14(15)23)11-28(21(27)29)16-8-13(30-2)9-17(31-3)18(16)22;1-20-13-8(6-18-14(16)19-13)7-21(15(20)22)10-4-9(23-2)5-11(24-3)12(10)17;7-5-2-1-3-6(8)4-5;1-4-7(5-2)6-3;1-2-3(4)5/h5-12H,1,13H2,2-4H3,(H,27,32)(H,26,28,29);4-10H,11,23H2,1-3H3,(H,24,25,26);4-6H,7H2,1-3H3;1-4H,7-8H2;4-6H2,1-3H3;2H,1H2. The number of para-hydroxylation sites is 4. The van der Waals surface area contributed by atoms with Crippen LogP contribution >= 0.6 is 23.2 Å². The normalized spacial score (nSPS) is 12.3. The van der Waals surface area contributed by atoms with E-state index in [2.05, 4.69) is 84.7 Å². The van der Waals surface area contributed by atoms with E-state index in [0.717, 1.165) is 6.08 Å². The van der Waals surface area contributed by atoms with Gasteiger partial charge in [0.05, 0.1) is 102 Å². The van der Waals surface area contributed by atoms with Crippen molar-refractivity contribution in [1.29, 1.82) is 0 Å². The minimum Gasteiger partial charge on any atom is -0.497 e. The molecule has 3 aromatic heterocycles. The number of carbonyl (C=O) groups is 5. The van der Waals surface area contributed by atoms with Gasteiger partial charge in [-0.15, -0.1) is 0 Å². The summed E-state index contributed by atoms with van der Waals surface area (Å²) in [6, 6.07) is 28.5. The van der Waals surface area contributed by atoms with E-state index in [-0.39, 0.29) is 71.1 Å². The predicted molar refractivity (Wildman–Crippen MR) is 422 cm³/mol. The fourth-order valence-electron chi connectivity index (χ4n) is 10.6. The first-order chi connectivity index (χ1) is 52.6. The van der Waals surface area contributed by atoms with E-state index < -0.39 is 40.8 Å². The van der Waals surface area contributed by atoms with Gasteiger partial charge in [0.15, 0.2) is 34.7 Å². The van der Waals surface area contributed by atoms with E-state index in [9.17, 15) is 32.8 Å². The van der Waals surface area contributed by atoms with Crippen LogP contribution in [0.15, 0.2) is 153 Å². The molecule has 0 unspecified atom stereocenters. The van der Waals surface area contributed by atoms with E-state index in [4.69, 9.17) is 68.8 Å². The maximum absolute atomic E-state index is 15.0. The minimum atomic E-state index is -0.684. The van der Waals surface area contributed by atoms with Gasteiger partial charge in [-0.2, -0.15) is 15.0 Å². The number of carbonyl (C=O) groups excluding carboxylic acids is 5. The molecule has 580 valence electrons. The Morgan fingerprint density at radius 3 is 1.19 bits per heavy atom. The molecule has 0 saturated heterocycles. The van der Waals surface area contributed by atoms with Crippen LogP contribution in [0.5, 0.6) is 34.5 Å². The summed E-state index contributed by atoms with van der Waals surface area (Å²) < 4.78 is 75.4. The van der Waals surface area contributed by atoms with Crippen molar-refractivity contribution in [1.82, 2.24) is 34.8 Å². The summed E-state index contributed by atoms with van der Waals surface area (Å²) in [5.74, 6) is 0.328. The second-order valence-corrected chi connectivity index (χ2v) is 23.9. The van der Waals surface area contributed by atoms with E-state index >= 15 is 4.39 Å². The number of nitrogens with two attached hydrogens (primary N) is 3. The van der Waals surface area contributed by atoms with E-state index in [1.54, 1.807) is 74.0 Å². The highest BCUT2D eigenvalue weighted by atomic mass is 35.5. The number of benzene rings is 6. The Kier molecular flexibility index (Phi) is 30.4. The molecule has 0 saturated carbocycles. The number of anilines is 14. The summed E-state index contributed by atoms with van der Waals surface area (Å²) in [6.07, 6.45) is 6.87. The van der Waals surface area contributed by atoms with Crippen molar-refractivity contribution in [2.24, 2.45) is 0 Å². The van der Waals surface area contributed by atoms with Gasteiger partial charge in [0.1, 0.15) is 34.7 Å². The largest absolute Gasteiger partial charge is 0.497 e. The number of allylic oxidation sites excluding steroid dienone is 1. The number of nitrogens with zero attached hydrogens (tertiary/aromatic N) is 13. The van der Waals surface area contributed by atoms with Crippen molar-refractivity contribution in [2.45, 2.75) is 40.4 Å². The van der Waals surface area contributed by atoms with Gasteiger partial charge in [-0.3, -0.25) is 39.0 Å². The van der Waals surface area contributed by atoms with Crippen LogP contribution in [0.3, 0.4) is 0 Å². The average molecular weight is 1560 g/mol. The second kappa shape index (κ2) is 39.6. The lowest BCUT2D eigenvalue weighted by atomic mass is 10.1. The highest BCUT2D eigenvalue weighted by Gasteiger charge is 2.37. The summed E-state index contributed by atoms with van der Waals surface area (Å²) >= 11 is 10.5. The minimum absolute atomic E-state index is 0.0118. The molecule has 35 heteroatoms. The summed E-state index contributed by atoms with van der Waals surface area (Å²) in [5.41, 5.74) is 22.4. The number of hydrogen-bond donors (Lipinski definition) is 6. The molecular formula is C75H84Cl2F3N19O11. The molecule has 0 spiro atoms. The second-order valence-electron chi connectivity index (χ2n) is 23.2. The predicted octanol–water partition coefficient (Wildman–Crippen LogP) is 13.6. The van der Waals surface area contributed by atoms with E-state index in [1.165, 1.54) is 154 Å². The average Bonchev–Trinajstić information content (AvgIpc) is 0.775. The Morgan fingerprint density at radius 2 is 0.864 bits per heavy atom. The highest BCUT2D eigenvalue weighted by Crippen LogP contribution is 2.42. The van der Waals surface area contributed by atoms with Gasteiger partial charge in [0.25, 0.3) is 0 Å². The molecule has 0 fully saturated rings. The molecule has 6 aromatic carbocycles. The lowest BCUT2D eigenvalue weighted by Gasteiger charge is -2.34. The summed E-state index contributed by atoms with van der Waals surface area (Å²) in [7, 11) is 13.0. The lowest BCUT2D eigenvalue weighted by Crippen LogP contribution is -2.46. The topological polar surface area (TPSA) is 355 Å². The number of nitrogen functional groups attached to an aromatic ring is 3. The van der Waals surface area contributed by atoms with Crippen molar-refractivity contribution in [3.05, 3.63) is 193 Å². The Labute approximate surface area is 643 Å². The van der Waals surface area contributed by atoms with Crippen molar-refractivity contribution in [2.75, 3.05) is 146 Å². The number of halogens is 5. The van der Waals surface area contributed by atoms with Crippen LogP contribution in [-0.2, 0) is 29.2 Å². The van der Waals surface area contributed by atoms with Crippen LogP contribution in [0.1, 0.15) is 37.5 Å². The number of fused-ring (bicyclic) bond motifs is 3. The van der Waals surface area contributed by atoms with Crippen LogP contribution in [0, 0.1) is 17.5 Å². The van der Waals surface area contributed by atoms with Crippen LogP contribution in [0.4, 0.5) is 108 Å². The smallest absolute Gasteiger partial charge is 0.330 e. The number of nitrogens with one attached hydrogen (secondary N) is 3. The van der Waals surface area contributed by atoms with Gasteiger partial charge in [0.2, 0.25) is 28.3 Å². The lowest BCUT2D eigenvalue weighted by molar-refractivity contribution is -0.112. The fraction of sp³-hybridized carbons (Fsp3) is 0.240. The highest BCUT2D eigenvalue weighted by molar-refractivity contribution is 6.66. The van der Waals surface area contributed by atoms with E-state index in [0.29, 0.717) is 91.5 Å². The van der Waals surface area contributed by atoms with Gasteiger partial charge < -0.3 is 66.5 Å². The van der Waals surface area contributed by atoms with Crippen LogP contribution in [0.2, 0.25) is 5.28 Å². The molecule has 9 aromatic rings. The number of methoxy groups -OCH3 is 6. The van der Waals surface area contributed by atoms with Crippen LogP contribution in [0.25, 0.3) is 0 Å². The third-order valence-corrected chi connectivity index (χ3v) is 16.8. The maximum atomic E-state index is 15.0. The zero-order valence-electron chi connectivity index (χ0n) is 62.4. The molecule has 12 rings (SSSR count). The third-order valence-electron chi connectivity index (χ3n) is 16.4. The number of amides is 7. The molecule has 0 aliphatic carbocycles. The Morgan fingerprint density at radius 1 is 0.509 bits per heavy atom. The molecular weight excluding hydrogens is 1470 g/mol. The summed E-state index contributed by atoms with van der Waals surface area (Å²) in [4.78, 5) is 95.8. The number of hydrogen-bond acceptors (Lipinski definition) is 23. The third kappa shape index (κ3) is 21.0. The molecule has 3 aliphatic rings. The summed E-state index contributed by atoms with van der Waals surface area (Å²) in [6.45, 7) is 16.9. The van der Waals surface area contributed by atoms with Gasteiger partial charge in [-0.1, -0.05) is 64.3 Å². The molecule has 110 heavy (non-hydrogen) atoms. The zero-order chi connectivity index (χ0) is 80.6. The van der Waals surface area contributed by atoms with Crippen LogP contribution < -0.4 is 91.0 Å². The molecule has 3 aliphatic heterocycles. The first kappa shape index (κ1) is 84.4. The van der Waals surface area contributed by atoms with Gasteiger partial charge in [-0.25, -0.2) is 42.5 Å².